The number of rotatable bonds is 2. The minimum absolute atomic E-state index is 0.684. The summed E-state index contributed by atoms with van der Waals surface area (Å²) in [5.41, 5.74) is 6.09. The quantitative estimate of drug-likeness (QED) is 0.706. The number of nitrogens with zero attached hydrogens (tertiary/aromatic N) is 2. The number of fused-ring (bicyclic) bond motifs is 2. The zero-order valence-corrected chi connectivity index (χ0v) is 14.2. The van der Waals surface area contributed by atoms with Gasteiger partial charge in [-0.05, 0) is 36.6 Å². The molecule has 0 N–H and O–H groups in total. The van der Waals surface area contributed by atoms with Crippen molar-refractivity contribution in [3.8, 4) is 5.88 Å². The Labute approximate surface area is 142 Å². The molecule has 0 saturated heterocycles. The highest BCUT2D eigenvalue weighted by atomic mass is 16.5. The number of hydrogen-bond acceptors (Lipinski definition) is 3. The minimum atomic E-state index is 0.684. The van der Waals surface area contributed by atoms with Gasteiger partial charge in [0.1, 0.15) is 6.61 Å². The van der Waals surface area contributed by atoms with Gasteiger partial charge in [0, 0.05) is 30.6 Å². The molecule has 1 aliphatic heterocycles. The van der Waals surface area contributed by atoms with Crippen molar-refractivity contribution in [1.82, 2.24) is 9.88 Å². The van der Waals surface area contributed by atoms with Gasteiger partial charge < -0.3 is 4.74 Å². The largest absolute Gasteiger partial charge is 0.476 e. The first-order valence-electron chi connectivity index (χ1n) is 8.49. The Kier molecular flexibility index (Phi) is 3.95. The highest BCUT2D eigenvalue weighted by molar-refractivity contribution is 5.84. The van der Waals surface area contributed by atoms with Gasteiger partial charge in [0.05, 0.1) is 5.52 Å². The average molecular weight is 318 g/mol. The first-order chi connectivity index (χ1) is 11.7. The summed E-state index contributed by atoms with van der Waals surface area (Å²) in [5.74, 6) is 0.798. The maximum Gasteiger partial charge on any atom is 0.218 e. The third-order valence-corrected chi connectivity index (χ3v) is 4.84. The van der Waals surface area contributed by atoms with Crippen LogP contribution in [0.4, 0.5) is 0 Å². The lowest BCUT2D eigenvalue weighted by atomic mass is 10.0. The molecule has 24 heavy (non-hydrogen) atoms. The molecule has 0 saturated carbocycles. The number of aromatic nitrogens is 1. The molecule has 0 bridgehead atoms. The molecule has 0 radical (unpaired) electrons. The summed E-state index contributed by atoms with van der Waals surface area (Å²) >= 11 is 0. The van der Waals surface area contributed by atoms with Crippen LogP contribution in [0, 0.1) is 13.8 Å². The number of pyridine rings is 1. The minimum Gasteiger partial charge on any atom is -0.476 e. The fourth-order valence-corrected chi connectivity index (χ4v) is 3.32. The fraction of sp³-hybridized carbons (Fsp3) is 0.286. The zero-order valence-electron chi connectivity index (χ0n) is 14.2. The van der Waals surface area contributed by atoms with Crippen LogP contribution in [0.25, 0.3) is 10.9 Å². The Balaban J connectivity index is 1.67. The topological polar surface area (TPSA) is 25.4 Å². The lowest BCUT2D eigenvalue weighted by molar-refractivity contribution is 0.217. The van der Waals surface area contributed by atoms with Crippen molar-refractivity contribution in [3.63, 3.8) is 0 Å². The van der Waals surface area contributed by atoms with E-state index in [2.05, 4.69) is 67.3 Å². The van der Waals surface area contributed by atoms with Gasteiger partial charge in [-0.2, -0.15) is 0 Å². The molecule has 2 heterocycles. The third kappa shape index (κ3) is 2.87. The van der Waals surface area contributed by atoms with Crippen molar-refractivity contribution < 1.29 is 4.74 Å². The number of ether oxygens (including phenoxy) is 1. The predicted octanol–water partition coefficient (Wildman–Crippen LogP) is 4.25. The van der Waals surface area contributed by atoms with Crippen LogP contribution in [0.1, 0.15) is 22.3 Å². The van der Waals surface area contributed by atoms with Gasteiger partial charge in [-0.15, -0.1) is 0 Å². The average Bonchev–Trinajstić information content (AvgIpc) is 2.79. The van der Waals surface area contributed by atoms with Crippen LogP contribution < -0.4 is 4.74 Å². The first kappa shape index (κ1) is 15.2. The van der Waals surface area contributed by atoms with Crippen LogP contribution in [0.15, 0.2) is 48.5 Å². The molecule has 0 fully saturated rings. The summed E-state index contributed by atoms with van der Waals surface area (Å²) in [6.07, 6.45) is 0. The Morgan fingerprint density at radius 3 is 2.75 bits per heavy atom. The van der Waals surface area contributed by atoms with Crippen LogP contribution in [-0.2, 0) is 13.1 Å². The second-order valence-corrected chi connectivity index (χ2v) is 6.58. The van der Waals surface area contributed by atoms with Crippen molar-refractivity contribution in [1.29, 1.82) is 0 Å². The number of aryl methyl sites for hydroxylation is 2. The third-order valence-electron chi connectivity index (χ3n) is 4.84. The molecule has 122 valence electrons. The second-order valence-electron chi connectivity index (χ2n) is 6.58. The molecule has 0 spiro atoms. The second kappa shape index (κ2) is 6.25. The van der Waals surface area contributed by atoms with Crippen LogP contribution in [0.3, 0.4) is 0 Å². The molecule has 4 rings (SSSR count). The molecule has 1 aromatic heterocycles. The summed E-state index contributed by atoms with van der Waals surface area (Å²) in [7, 11) is 0. The molecule has 0 atom stereocenters. The first-order valence-corrected chi connectivity index (χ1v) is 8.49. The van der Waals surface area contributed by atoms with E-state index in [9.17, 15) is 0 Å². The van der Waals surface area contributed by atoms with E-state index in [0.717, 1.165) is 31.0 Å². The Bertz CT molecular complexity index is 874. The Morgan fingerprint density at radius 2 is 1.92 bits per heavy atom. The van der Waals surface area contributed by atoms with E-state index in [0.29, 0.717) is 6.61 Å². The molecule has 2 aromatic carbocycles. The van der Waals surface area contributed by atoms with Crippen LogP contribution in [0.2, 0.25) is 0 Å². The molecule has 1 aliphatic rings. The highest BCUT2D eigenvalue weighted by Gasteiger charge is 2.18. The standard InChI is InChI=1S/C21H22N2O/c1-15-8-9-18-12-19-14-23(13-17-6-4-3-5-7-17)10-11-24-21(19)22-20(18)16(15)2/h3-9,12H,10-11,13-14H2,1-2H3. The van der Waals surface area contributed by atoms with Gasteiger partial charge >= 0.3 is 0 Å². The molecule has 3 heteroatoms. The number of hydrogen-bond donors (Lipinski definition) is 0. The summed E-state index contributed by atoms with van der Waals surface area (Å²) in [5, 5.41) is 1.20. The van der Waals surface area contributed by atoms with E-state index >= 15 is 0 Å². The molecular weight excluding hydrogens is 296 g/mol. The van der Waals surface area contributed by atoms with Crippen LogP contribution >= 0.6 is 0 Å². The van der Waals surface area contributed by atoms with Crippen molar-refractivity contribution in [2.75, 3.05) is 13.2 Å². The van der Waals surface area contributed by atoms with Gasteiger partial charge in [0.25, 0.3) is 0 Å². The summed E-state index contributed by atoms with van der Waals surface area (Å²) in [6, 6.07) is 17.2. The molecular formula is C21H22N2O. The zero-order chi connectivity index (χ0) is 16.5. The maximum atomic E-state index is 5.97. The fourth-order valence-electron chi connectivity index (χ4n) is 3.32. The molecule has 3 nitrogen and oxygen atoms in total. The normalized spacial score (nSPS) is 14.9. The van der Waals surface area contributed by atoms with Gasteiger partial charge in [-0.3, -0.25) is 4.90 Å². The van der Waals surface area contributed by atoms with E-state index in [1.807, 2.05) is 0 Å². The van der Waals surface area contributed by atoms with E-state index in [1.165, 1.54) is 27.6 Å². The van der Waals surface area contributed by atoms with E-state index in [4.69, 9.17) is 9.72 Å². The van der Waals surface area contributed by atoms with Crippen molar-refractivity contribution >= 4 is 10.9 Å². The lowest BCUT2D eigenvalue weighted by Crippen LogP contribution is -2.25. The molecule has 3 aromatic rings. The SMILES string of the molecule is Cc1ccc2cc3c(nc2c1C)OCCN(Cc1ccccc1)C3. The molecule has 0 aliphatic carbocycles. The maximum absolute atomic E-state index is 5.97. The predicted molar refractivity (Wildman–Crippen MR) is 97.3 cm³/mol. The Hall–Kier alpha value is -2.39. The highest BCUT2D eigenvalue weighted by Crippen LogP contribution is 2.28. The van der Waals surface area contributed by atoms with E-state index < -0.39 is 0 Å². The van der Waals surface area contributed by atoms with Gasteiger partial charge in [0.2, 0.25) is 5.88 Å². The van der Waals surface area contributed by atoms with E-state index in [-0.39, 0.29) is 0 Å². The van der Waals surface area contributed by atoms with Crippen molar-refractivity contribution in [2.45, 2.75) is 26.9 Å². The molecule has 0 unspecified atom stereocenters. The molecule has 0 amide bonds. The summed E-state index contributed by atoms with van der Waals surface area (Å²) in [4.78, 5) is 7.26. The van der Waals surface area contributed by atoms with Gasteiger partial charge in [-0.1, -0.05) is 42.5 Å². The summed E-state index contributed by atoms with van der Waals surface area (Å²) in [6.45, 7) is 7.68. The van der Waals surface area contributed by atoms with E-state index in [1.54, 1.807) is 0 Å². The number of benzene rings is 2. The smallest absolute Gasteiger partial charge is 0.218 e. The van der Waals surface area contributed by atoms with Crippen LogP contribution in [-0.4, -0.2) is 23.0 Å². The Morgan fingerprint density at radius 1 is 1.08 bits per heavy atom. The monoisotopic (exact) mass is 318 g/mol. The van der Waals surface area contributed by atoms with Gasteiger partial charge in [0.15, 0.2) is 0 Å². The summed E-state index contributed by atoms with van der Waals surface area (Å²) < 4.78 is 5.97. The van der Waals surface area contributed by atoms with Crippen molar-refractivity contribution in [2.24, 2.45) is 0 Å². The lowest BCUT2D eigenvalue weighted by Gasteiger charge is -2.19. The van der Waals surface area contributed by atoms with Gasteiger partial charge in [-0.25, -0.2) is 4.98 Å². The van der Waals surface area contributed by atoms with Crippen LogP contribution in [0.5, 0.6) is 5.88 Å². The van der Waals surface area contributed by atoms with Crippen molar-refractivity contribution in [3.05, 3.63) is 70.8 Å².